The van der Waals surface area contributed by atoms with Crippen LogP contribution < -0.4 is 10.1 Å². The second kappa shape index (κ2) is 5.82. The predicted octanol–water partition coefficient (Wildman–Crippen LogP) is 1.60. The smallest absolute Gasteiger partial charge is 0.213 e. The molecule has 4 nitrogen and oxygen atoms in total. The molecular weight excluding hydrogens is 204 g/mol. The Morgan fingerprint density at radius 3 is 2.69 bits per heavy atom. The fourth-order valence-corrected chi connectivity index (χ4v) is 1.41. The predicted molar refractivity (Wildman–Crippen MR) is 63.6 cm³/mol. The van der Waals surface area contributed by atoms with Crippen molar-refractivity contribution < 1.29 is 9.47 Å². The average Bonchev–Trinajstić information content (AvgIpc) is 2.27. The van der Waals surface area contributed by atoms with Crippen molar-refractivity contribution in [1.29, 1.82) is 0 Å². The van der Waals surface area contributed by atoms with E-state index in [0.29, 0.717) is 19.0 Å². The molecule has 1 aromatic rings. The first-order valence-corrected chi connectivity index (χ1v) is 5.31. The molecule has 0 unspecified atom stereocenters. The van der Waals surface area contributed by atoms with Crippen molar-refractivity contribution in [2.45, 2.75) is 25.9 Å². The second-order valence-electron chi connectivity index (χ2n) is 4.34. The van der Waals surface area contributed by atoms with E-state index in [0.717, 1.165) is 5.69 Å². The Balaban J connectivity index is 2.53. The van der Waals surface area contributed by atoms with E-state index in [-0.39, 0.29) is 5.54 Å². The molecule has 16 heavy (non-hydrogen) atoms. The molecule has 0 aliphatic heterocycles. The zero-order valence-corrected chi connectivity index (χ0v) is 10.4. The number of hydrogen-bond donors (Lipinski definition) is 1. The van der Waals surface area contributed by atoms with E-state index < -0.39 is 0 Å². The number of nitrogens with zero attached hydrogens (tertiary/aromatic N) is 1. The minimum Gasteiger partial charge on any atom is -0.481 e. The van der Waals surface area contributed by atoms with Crippen molar-refractivity contribution in [3.05, 3.63) is 23.9 Å². The molecule has 1 aromatic heterocycles. The Bertz CT molecular complexity index is 327. The van der Waals surface area contributed by atoms with Crippen molar-refractivity contribution in [2.75, 3.05) is 20.8 Å². The number of ether oxygens (including phenoxy) is 2. The van der Waals surface area contributed by atoms with Crippen molar-refractivity contribution in [3.8, 4) is 5.88 Å². The van der Waals surface area contributed by atoms with Gasteiger partial charge in [-0.05, 0) is 19.9 Å². The van der Waals surface area contributed by atoms with Gasteiger partial charge < -0.3 is 14.8 Å². The number of pyridine rings is 1. The van der Waals surface area contributed by atoms with Gasteiger partial charge in [0.15, 0.2) is 0 Å². The molecule has 0 bridgehead atoms. The number of rotatable bonds is 6. The van der Waals surface area contributed by atoms with Gasteiger partial charge in [0.1, 0.15) is 0 Å². The summed E-state index contributed by atoms with van der Waals surface area (Å²) >= 11 is 0. The number of nitrogens with one attached hydrogen (secondary N) is 1. The van der Waals surface area contributed by atoms with E-state index in [1.165, 1.54) is 0 Å². The molecule has 0 atom stereocenters. The topological polar surface area (TPSA) is 43.4 Å². The van der Waals surface area contributed by atoms with Crippen LogP contribution in [0.25, 0.3) is 0 Å². The van der Waals surface area contributed by atoms with E-state index in [4.69, 9.17) is 9.47 Å². The molecule has 4 heteroatoms. The van der Waals surface area contributed by atoms with Crippen LogP contribution in [0.2, 0.25) is 0 Å². The highest BCUT2D eigenvalue weighted by Gasteiger charge is 2.16. The third-order valence-electron chi connectivity index (χ3n) is 2.24. The molecule has 0 amide bonds. The van der Waals surface area contributed by atoms with Crippen LogP contribution in [0.5, 0.6) is 5.88 Å². The third-order valence-corrected chi connectivity index (χ3v) is 2.24. The van der Waals surface area contributed by atoms with Crippen LogP contribution in [0.15, 0.2) is 18.2 Å². The molecule has 0 radical (unpaired) electrons. The van der Waals surface area contributed by atoms with Gasteiger partial charge in [0.2, 0.25) is 5.88 Å². The van der Waals surface area contributed by atoms with Crippen molar-refractivity contribution in [3.63, 3.8) is 0 Å². The summed E-state index contributed by atoms with van der Waals surface area (Å²) < 4.78 is 10.2. The van der Waals surface area contributed by atoms with Crippen LogP contribution >= 0.6 is 0 Å². The third kappa shape index (κ3) is 4.16. The first-order valence-electron chi connectivity index (χ1n) is 5.31. The molecule has 90 valence electrons. The molecule has 1 heterocycles. The maximum Gasteiger partial charge on any atom is 0.213 e. The van der Waals surface area contributed by atoms with Gasteiger partial charge in [-0.1, -0.05) is 6.07 Å². The molecule has 0 fully saturated rings. The fourth-order valence-electron chi connectivity index (χ4n) is 1.41. The van der Waals surface area contributed by atoms with E-state index in [1.807, 2.05) is 18.2 Å². The normalized spacial score (nSPS) is 11.5. The van der Waals surface area contributed by atoms with E-state index in [1.54, 1.807) is 14.2 Å². The molecule has 0 saturated heterocycles. The van der Waals surface area contributed by atoms with Crippen LogP contribution in [-0.2, 0) is 11.3 Å². The molecule has 1 N–H and O–H groups in total. The van der Waals surface area contributed by atoms with Crippen molar-refractivity contribution in [1.82, 2.24) is 10.3 Å². The zero-order valence-electron chi connectivity index (χ0n) is 10.4. The van der Waals surface area contributed by atoms with E-state index in [9.17, 15) is 0 Å². The van der Waals surface area contributed by atoms with Gasteiger partial charge in [0.05, 0.1) is 19.4 Å². The summed E-state index contributed by atoms with van der Waals surface area (Å²) in [5, 5.41) is 3.38. The standard InChI is InChI=1S/C12H20N2O2/c1-12(2,9-15-3)13-8-10-6-5-7-11(14-10)16-4/h5-7,13H,8-9H2,1-4H3. The van der Waals surface area contributed by atoms with E-state index >= 15 is 0 Å². The molecule has 0 spiro atoms. The van der Waals surface area contributed by atoms with Gasteiger partial charge in [-0.25, -0.2) is 4.98 Å². The van der Waals surface area contributed by atoms with Crippen molar-refractivity contribution in [2.24, 2.45) is 0 Å². The first-order chi connectivity index (χ1) is 7.57. The lowest BCUT2D eigenvalue weighted by atomic mass is 10.1. The Hall–Kier alpha value is -1.13. The van der Waals surface area contributed by atoms with E-state index in [2.05, 4.69) is 24.1 Å². The molecule has 0 aliphatic rings. The van der Waals surface area contributed by atoms with Gasteiger partial charge in [-0.2, -0.15) is 0 Å². The summed E-state index contributed by atoms with van der Waals surface area (Å²) in [4.78, 5) is 4.33. The summed E-state index contributed by atoms with van der Waals surface area (Å²) in [7, 11) is 3.32. The van der Waals surface area contributed by atoms with Crippen LogP contribution in [0.4, 0.5) is 0 Å². The quantitative estimate of drug-likeness (QED) is 0.797. The number of methoxy groups -OCH3 is 2. The van der Waals surface area contributed by atoms with Crippen LogP contribution in [-0.4, -0.2) is 31.3 Å². The summed E-state index contributed by atoms with van der Waals surface area (Å²) in [6.45, 7) is 5.55. The molecule has 0 aromatic carbocycles. The van der Waals surface area contributed by atoms with Gasteiger partial charge in [-0.15, -0.1) is 0 Å². The fraction of sp³-hybridized carbons (Fsp3) is 0.583. The molecule has 1 rings (SSSR count). The lowest BCUT2D eigenvalue weighted by molar-refractivity contribution is 0.127. The lowest BCUT2D eigenvalue weighted by Gasteiger charge is -2.25. The van der Waals surface area contributed by atoms with Crippen LogP contribution in [0.1, 0.15) is 19.5 Å². The van der Waals surface area contributed by atoms with Gasteiger partial charge >= 0.3 is 0 Å². The largest absolute Gasteiger partial charge is 0.481 e. The minimum atomic E-state index is -0.0560. The maximum absolute atomic E-state index is 5.13. The Morgan fingerprint density at radius 1 is 1.31 bits per heavy atom. The van der Waals surface area contributed by atoms with Crippen LogP contribution in [0.3, 0.4) is 0 Å². The van der Waals surface area contributed by atoms with Gasteiger partial charge in [-0.3, -0.25) is 0 Å². The first kappa shape index (κ1) is 12.9. The van der Waals surface area contributed by atoms with Crippen molar-refractivity contribution >= 4 is 0 Å². The maximum atomic E-state index is 5.13. The summed E-state index contributed by atoms with van der Waals surface area (Å²) in [5.74, 6) is 0.642. The molecular formula is C12H20N2O2. The average molecular weight is 224 g/mol. The zero-order chi connectivity index (χ0) is 12.0. The Labute approximate surface area is 97.0 Å². The highest BCUT2D eigenvalue weighted by atomic mass is 16.5. The number of aromatic nitrogens is 1. The summed E-state index contributed by atoms with van der Waals surface area (Å²) in [5.41, 5.74) is 0.906. The molecule has 0 aliphatic carbocycles. The second-order valence-corrected chi connectivity index (χ2v) is 4.34. The summed E-state index contributed by atoms with van der Waals surface area (Å²) in [6, 6.07) is 5.74. The monoisotopic (exact) mass is 224 g/mol. The van der Waals surface area contributed by atoms with Crippen LogP contribution in [0, 0.1) is 0 Å². The highest BCUT2D eigenvalue weighted by Crippen LogP contribution is 2.08. The highest BCUT2D eigenvalue weighted by molar-refractivity contribution is 5.15. The Morgan fingerprint density at radius 2 is 2.06 bits per heavy atom. The summed E-state index contributed by atoms with van der Waals surface area (Å²) in [6.07, 6.45) is 0. The Kier molecular flexibility index (Phi) is 4.71. The van der Waals surface area contributed by atoms with Gasteiger partial charge in [0.25, 0.3) is 0 Å². The minimum absolute atomic E-state index is 0.0560. The van der Waals surface area contributed by atoms with Gasteiger partial charge in [0, 0.05) is 25.3 Å². The lowest BCUT2D eigenvalue weighted by Crippen LogP contribution is -2.42. The number of hydrogen-bond acceptors (Lipinski definition) is 4. The molecule has 0 saturated carbocycles. The SMILES string of the molecule is COCC(C)(C)NCc1cccc(OC)n1.